The second-order valence-electron chi connectivity index (χ2n) is 7.43. The van der Waals surface area contributed by atoms with Gasteiger partial charge in [0.2, 0.25) is 0 Å². The first-order valence-electron chi connectivity index (χ1n) is 8.97. The molecule has 9 heteroatoms. The summed E-state index contributed by atoms with van der Waals surface area (Å²) in [4.78, 5) is 47.5. The molecule has 8 nitrogen and oxygen atoms in total. The summed E-state index contributed by atoms with van der Waals surface area (Å²) >= 11 is 1.46. The van der Waals surface area contributed by atoms with Gasteiger partial charge in [-0.3, -0.25) is 14.4 Å². The molecule has 2 aliphatic heterocycles. The third kappa shape index (κ3) is 3.16. The monoisotopic (exact) mass is 387 g/mol. The van der Waals surface area contributed by atoms with Crippen LogP contribution < -0.4 is 10.9 Å². The van der Waals surface area contributed by atoms with E-state index in [1.807, 2.05) is 25.3 Å². The van der Waals surface area contributed by atoms with E-state index >= 15 is 0 Å². The van der Waals surface area contributed by atoms with Gasteiger partial charge in [-0.05, 0) is 20.8 Å². The number of rotatable bonds is 3. The Morgan fingerprint density at radius 1 is 1.26 bits per heavy atom. The third-order valence-corrected chi connectivity index (χ3v) is 5.79. The highest BCUT2D eigenvalue weighted by molar-refractivity contribution is 7.09. The molecule has 0 aliphatic carbocycles. The normalized spacial score (nSPS) is 20.7. The lowest BCUT2D eigenvalue weighted by Gasteiger charge is -2.17. The second kappa shape index (κ2) is 6.56. The minimum atomic E-state index is -0.514. The van der Waals surface area contributed by atoms with E-state index in [0.717, 1.165) is 5.01 Å². The molecule has 2 atom stereocenters. The lowest BCUT2D eigenvalue weighted by atomic mass is 9.99. The van der Waals surface area contributed by atoms with Crippen molar-refractivity contribution in [1.29, 1.82) is 0 Å². The fourth-order valence-corrected chi connectivity index (χ4v) is 4.42. The molecule has 4 rings (SSSR count). The third-order valence-electron chi connectivity index (χ3n) is 5.02. The zero-order valence-corrected chi connectivity index (χ0v) is 16.2. The Kier molecular flexibility index (Phi) is 4.33. The molecule has 4 heterocycles. The predicted molar refractivity (Wildman–Crippen MR) is 100 cm³/mol. The number of amides is 2. The van der Waals surface area contributed by atoms with Crippen molar-refractivity contribution in [1.82, 2.24) is 24.8 Å². The molecule has 2 aliphatic rings. The van der Waals surface area contributed by atoms with E-state index < -0.39 is 11.5 Å². The standard InChI is InChI=1S/C18H21N5O3S/c1-9(2)19-16(24)13-7-22-4-11-5-23(6-12(11)15(22)21-17(13)25)18(26)14-8-27-10(3)20-14/h7-9,11-12H,4-6H2,1-3H3,(H,19,24)/t11-,12+/m0/s1. The van der Waals surface area contributed by atoms with Gasteiger partial charge in [-0.25, -0.2) is 4.98 Å². The molecule has 2 aromatic rings. The van der Waals surface area contributed by atoms with Crippen LogP contribution in [0.25, 0.3) is 0 Å². The number of fused-ring (bicyclic) bond motifs is 3. The van der Waals surface area contributed by atoms with E-state index in [2.05, 4.69) is 15.3 Å². The Bertz CT molecular complexity index is 980. The zero-order chi connectivity index (χ0) is 19.3. The van der Waals surface area contributed by atoms with Gasteiger partial charge in [0, 0.05) is 49.1 Å². The highest BCUT2D eigenvalue weighted by Gasteiger charge is 2.43. The Morgan fingerprint density at radius 3 is 2.70 bits per heavy atom. The van der Waals surface area contributed by atoms with Crippen molar-refractivity contribution < 1.29 is 9.59 Å². The highest BCUT2D eigenvalue weighted by atomic mass is 32.1. The SMILES string of the molecule is Cc1nc(C(=O)N2C[C@@H]3Cn4cc(C(=O)NC(C)C)c(=O)nc4[C@@H]3C2)cs1. The van der Waals surface area contributed by atoms with Crippen LogP contribution in [0.2, 0.25) is 0 Å². The summed E-state index contributed by atoms with van der Waals surface area (Å²) in [6.07, 6.45) is 1.61. The number of aryl methyl sites for hydroxylation is 1. The average molecular weight is 387 g/mol. The number of nitrogens with zero attached hydrogens (tertiary/aromatic N) is 4. The van der Waals surface area contributed by atoms with E-state index in [1.165, 1.54) is 11.3 Å². The summed E-state index contributed by atoms with van der Waals surface area (Å²) in [5, 5.41) is 5.38. The molecule has 142 valence electrons. The first-order valence-corrected chi connectivity index (χ1v) is 9.85. The predicted octanol–water partition coefficient (Wildman–Crippen LogP) is 1.02. The highest BCUT2D eigenvalue weighted by Crippen LogP contribution is 2.38. The molecular formula is C18H21N5O3S. The summed E-state index contributed by atoms with van der Waals surface area (Å²) in [7, 11) is 0. The van der Waals surface area contributed by atoms with Crippen LogP contribution in [-0.2, 0) is 6.54 Å². The van der Waals surface area contributed by atoms with Gasteiger partial charge >= 0.3 is 0 Å². The molecule has 0 unspecified atom stereocenters. The summed E-state index contributed by atoms with van der Waals surface area (Å²) < 4.78 is 1.89. The average Bonchev–Trinajstić information content (AvgIpc) is 3.27. The first-order chi connectivity index (χ1) is 12.8. The van der Waals surface area contributed by atoms with Gasteiger partial charge in [0.25, 0.3) is 17.4 Å². The Hall–Kier alpha value is -2.55. The number of thiazole rings is 1. The van der Waals surface area contributed by atoms with E-state index in [1.54, 1.807) is 16.5 Å². The maximum absolute atomic E-state index is 12.6. The molecule has 27 heavy (non-hydrogen) atoms. The van der Waals surface area contributed by atoms with Crippen LogP contribution in [-0.4, -0.2) is 50.4 Å². The fourth-order valence-electron chi connectivity index (χ4n) is 3.83. The molecule has 0 spiro atoms. The van der Waals surface area contributed by atoms with Crippen molar-refractivity contribution >= 4 is 23.2 Å². The van der Waals surface area contributed by atoms with Gasteiger partial charge in [0.1, 0.15) is 17.1 Å². The molecular weight excluding hydrogens is 366 g/mol. The van der Waals surface area contributed by atoms with Crippen molar-refractivity contribution in [3.05, 3.63) is 44.0 Å². The summed E-state index contributed by atoms with van der Waals surface area (Å²) in [5.41, 5.74) is 0.0294. The van der Waals surface area contributed by atoms with Gasteiger partial charge in [0.15, 0.2) is 0 Å². The maximum Gasteiger partial charge on any atom is 0.285 e. The Labute approximate surface area is 160 Å². The number of hydrogen-bond acceptors (Lipinski definition) is 6. The van der Waals surface area contributed by atoms with E-state index in [4.69, 9.17) is 0 Å². The van der Waals surface area contributed by atoms with Crippen LogP contribution >= 0.6 is 11.3 Å². The zero-order valence-electron chi connectivity index (χ0n) is 15.4. The molecule has 2 aromatic heterocycles. The minimum Gasteiger partial charge on any atom is -0.350 e. The van der Waals surface area contributed by atoms with Crippen molar-refractivity contribution in [2.45, 2.75) is 39.3 Å². The van der Waals surface area contributed by atoms with Crippen molar-refractivity contribution in [3.63, 3.8) is 0 Å². The summed E-state index contributed by atoms with van der Waals surface area (Å²) in [5.74, 6) is 0.407. The van der Waals surface area contributed by atoms with Crippen LogP contribution in [0.4, 0.5) is 0 Å². The Balaban J connectivity index is 1.56. The lowest BCUT2D eigenvalue weighted by Crippen LogP contribution is -2.36. The van der Waals surface area contributed by atoms with Crippen LogP contribution in [0.5, 0.6) is 0 Å². The van der Waals surface area contributed by atoms with E-state index in [0.29, 0.717) is 31.2 Å². The number of nitrogens with one attached hydrogen (secondary N) is 1. The first kappa shape index (κ1) is 17.8. The molecule has 0 saturated carbocycles. The van der Waals surface area contributed by atoms with E-state index in [9.17, 15) is 14.4 Å². The second-order valence-corrected chi connectivity index (χ2v) is 8.49. The smallest absolute Gasteiger partial charge is 0.285 e. The largest absolute Gasteiger partial charge is 0.350 e. The molecule has 2 amide bonds. The van der Waals surface area contributed by atoms with Crippen LogP contribution in [0, 0.1) is 12.8 Å². The van der Waals surface area contributed by atoms with E-state index in [-0.39, 0.29) is 29.3 Å². The van der Waals surface area contributed by atoms with Gasteiger partial charge in [-0.2, -0.15) is 4.98 Å². The van der Waals surface area contributed by atoms with Gasteiger partial charge in [-0.1, -0.05) is 0 Å². The van der Waals surface area contributed by atoms with Crippen molar-refractivity contribution in [2.24, 2.45) is 5.92 Å². The maximum atomic E-state index is 12.6. The van der Waals surface area contributed by atoms with Crippen LogP contribution in [0.15, 0.2) is 16.4 Å². The Morgan fingerprint density at radius 2 is 2.04 bits per heavy atom. The number of likely N-dealkylation sites (tertiary alicyclic amines) is 1. The number of hydrogen-bond donors (Lipinski definition) is 1. The molecule has 1 fully saturated rings. The van der Waals surface area contributed by atoms with Crippen molar-refractivity contribution in [3.8, 4) is 0 Å². The summed E-state index contributed by atoms with van der Waals surface area (Å²) in [6.45, 7) is 7.33. The van der Waals surface area contributed by atoms with Crippen LogP contribution in [0.3, 0.4) is 0 Å². The molecule has 1 saturated heterocycles. The molecule has 1 N–H and O–H groups in total. The fraction of sp³-hybridized carbons (Fsp3) is 0.500. The number of carbonyl (C=O) groups is 2. The molecule has 0 radical (unpaired) electrons. The van der Waals surface area contributed by atoms with Crippen molar-refractivity contribution in [2.75, 3.05) is 13.1 Å². The summed E-state index contributed by atoms with van der Waals surface area (Å²) in [6, 6.07) is -0.0524. The van der Waals surface area contributed by atoms with Gasteiger partial charge in [0.05, 0.1) is 5.01 Å². The van der Waals surface area contributed by atoms with Crippen LogP contribution in [0.1, 0.15) is 51.4 Å². The lowest BCUT2D eigenvalue weighted by molar-refractivity contribution is 0.0778. The minimum absolute atomic E-state index is 0.0172. The number of aromatic nitrogens is 3. The molecule has 0 aromatic carbocycles. The van der Waals surface area contributed by atoms with Gasteiger partial charge in [-0.15, -0.1) is 11.3 Å². The quantitative estimate of drug-likeness (QED) is 0.848. The van der Waals surface area contributed by atoms with Gasteiger partial charge < -0.3 is 14.8 Å². The molecule has 0 bridgehead atoms. The topological polar surface area (TPSA) is 97.2 Å². The number of carbonyl (C=O) groups excluding carboxylic acids is 2.